The van der Waals surface area contributed by atoms with Gasteiger partial charge >= 0.3 is 0 Å². The fourth-order valence-corrected chi connectivity index (χ4v) is 3.87. The van der Waals surface area contributed by atoms with Gasteiger partial charge in [0.1, 0.15) is 5.82 Å². The number of para-hydroxylation sites is 2. The molecule has 1 aromatic carbocycles. The van der Waals surface area contributed by atoms with Crippen LogP contribution in [-0.2, 0) is 6.54 Å². The van der Waals surface area contributed by atoms with Crippen LogP contribution in [0.5, 0.6) is 0 Å². The van der Waals surface area contributed by atoms with Crippen LogP contribution in [0.3, 0.4) is 0 Å². The van der Waals surface area contributed by atoms with Crippen LogP contribution >= 0.6 is 15.9 Å². The smallest absolute Gasteiger partial charge is 0.230 e. The van der Waals surface area contributed by atoms with Crippen molar-refractivity contribution in [2.75, 3.05) is 30.4 Å². The molecule has 0 bridgehead atoms. The Balaban J connectivity index is 1.45. The molecule has 3 N–H and O–H groups in total. The Hall–Kier alpha value is -2.72. The van der Waals surface area contributed by atoms with Gasteiger partial charge in [0.2, 0.25) is 11.9 Å². The number of anilines is 2. The SMILES string of the molecule is CN[C@H]1CCN(c2nc(NCc3nc4ccccc4[nH]3)n3ncc(Br)c3n2)C1. The summed E-state index contributed by atoms with van der Waals surface area (Å²) < 4.78 is 2.55. The van der Waals surface area contributed by atoms with Crippen molar-refractivity contribution in [1.82, 2.24) is 34.9 Å². The van der Waals surface area contributed by atoms with Gasteiger partial charge in [0.25, 0.3) is 0 Å². The standard InChI is InChI=1S/C18H20BrN9/c1-20-11-6-7-27(10-11)18-25-16-12(19)8-22-28(16)17(26-18)21-9-15-23-13-4-2-3-5-14(13)24-15/h2-5,8,11,20H,6-7,9-10H2,1H3,(H,23,24)(H,21,25,26)/t11-/m0/s1. The molecule has 0 aliphatic carbocycles. The second-order valence-corrected chi connectivity index (χ2v) is 7.70. The Bertz CT molecular complexity index is 1100. The van der Waals surface area contributed by atoms with Gasteiger partial charge < -0.3 is 20.5 Å². The maximum absolute atomic E-state index is 4.75. The van der Waals surface area contributed by atoms with E-state index in [2.05, 4.69) is 46.5 Å². The topological polar surface area (TPSA) is 99.1 Å². The first kappa shape index (κ1) is 17.4. The Morgan fingerprint density at radius 2 is 2.14 bits per heavy atom. The van der Waals surface area contributed by atoms with Crippen LogP contribution in [0, 0.1) is 0 Å². The van der Waals surface area contributed by atoms with E-state index >= 15 is 0 Å². The summed E-state index contributed by atoms with van der Waals surface area (Å²) >= 11 is 3.54. The van der Waals surface area contributed by atoms with Gasteiger partial charge in [0, 0.05) is 19.1 Å². The van der Waals surface area contributed by atoms with Crippen molar-refractivity contribution in [1.29, 1.82) is 0 Å². The fraction of sp³-hybridized carbons (Fsp3) is 0.333. The van der Waals surface area contributed by atoms with Crippen molar-refractivity contribution in [3.8, 4) is 0 Å². The molecule has 1 fully saturated rings. The van der Waals surface area contributed by atoms with Crippen LogP contribution in [0.25, 0.3) is 16.7 Å². The number of benzene rings is 1. The van der Waals surface area contributed by atoms with E-state index in [-0.39, 0.29) is 0 Å². The van der Waals surface area contributed by atoms with Gasteiger partial charge in [-0.05, 0) is 41.5 Å². The van der Waals surface area contributed by atoms with Gasteiger partial charge in [0.05, 0.1) is 28.2 Å². The van der Waals surface area contributed by atoms with E-state index in [1.165, 1.54) is 0 Å². The first-order valence-electron chi connectivity index (χ1n) is 9.22. The minimum atomic E-state index is 0.458. The molecule has 0 unspecified atom stereocenters. The van der Waals surface area contributed by atoms with E-state index in [4.69, 9.17) is 9.97 Å². The van der Waals surface area contributed by atoms with Gasteiger partial charge in [-0.1, -0.05) is 12.1 Å². The lowest BCUT2D eigenvalue weighted by Gasteiger charge is -2.17. The molecule has 28 heavy (non-hydrogen) atoms. The third kappa shape index (κ3) is 3.08. The van der Waals surface area contributed by atoms with Crippen LogP contribution in [-0.4, -0.2) is 55.7 Å². The number of fused-ring (bicyclic) bond motifs is 2. The van der Waals surface area contributed by atoms with Crippen molar-refractivity contribution in [3.05, 3.63) is 40.8 Å². The molecule has 0 amide bonds. The zero-order valence-corrected chi connectivity index (χ0v) is 16.9. The van der Waals surface area contributed by atoms with E-state index in [0.29, 0.717) is 24.5 Å². The number of hydrogen-bond acceptors (Lipinski definition) is 7. The lowest BCUT2D eigenvalue weighted by Crippen LogP contribution is -2.30. The normalized spacial score (nSPS) is 17.1. The molecule has 1 atom stereocenters. The monoisotopic (exact) mass is 441 g/mol. The van der Waals surface area contributed by atoms with Crippen LogP contribution in [0.2, 0.25) is 0 Å². The highest BCUT2D eigenvalue weighted by Gasteiger charge is 2.24. The molecule has 4 heterocycles. The van der Waals surface area contributed by atoms with Crippen LogP contribution in [0.1, 0.15) is 12.2 Å². The lowest BCUT2D eigenvalue weighted by molar-refractivity contribution is 0.616. The highest BCUT2D eigenvalue weighted by Crippen LogP contribution is 2.24. The Kier molecular flexibility index (Phi) is 4.36. The molecule has 0 spiro atoms. The molecule has 1 aliphatic heterocycles. The number of likely N-dealkylation sites (N-methyl/N-ethyl adjacent to an activating group) is 1. The molecule has 1 aliphatic rings. The highest BCUT2D eigenvalue weighted by molar-refractivity contribution is 9.10. The number of H-pyrrole nitrogens is 1. The van der Waals surface area contributed by atoms with Crippen molar-refractivity contribution in [2.45, 2.75) is 19.0 Å². The largest absolute Gasteiger partial charge is 0.347 e. The van der Waals surface area contributed by atoms with Crippen LogP contribution in [0.4, 0.5) is 11.9 Å². The summed E-state index contributed by atoms with van der Waals surface area (Å²) in [5.74, 6) is 2.19. The number of nitrogens with one attached hydrogen (secondary N) is 3. The van der Waals surface area contributed by atoms with Crippen LogP contribution < -0.4 is 15.5 Å². The predicted octanol–water partition coefficient (Wildman–Crippen LogP) is 2.17. The Morgan fingerprint density at radius 1 is 1.25 bits per heavy atom. The molecule has 0 radical (unpaired) electrons. The summed E-state index contributed by atoms with van der Waals surface area (Å²) in [5.41, 5.74) is 2.71. The number of aromatic amines is 1. The molecule has 4 aromatic rings. The molecule has 9 nitrogen and oxygen atoms in total. The predicted molar refractivity (Wildman–Crippen MR) is 112 cm³/mol. The molecule has 5 rings (SSSR count). The zero-order valence-electron chi connectivity index (χ0n) is 15.4. The van der Waals surface area contributed by atoms with E-state index in [9.17, 15) is 0 Å². The number of nitrogens with zero attached hydrogens (tertiary/aromatic N) is 6. The van der Waals surface area contributed by atoms with Crippen molar-refractivity contribution >= 4 is 44.5 Å². The van der Waals surface area contributed by atoms with Crippen molar-refractivity contribution < 1.29 is 0 Å². The van der Waals surface area contributed by atoms with Crippen molar-refractivity contribution in [2.24, 2.45) is 0 Å². The summed E-state index contributed by atoms with van der Waals surface area (Å²) in [5, 5.41) is 11.1. The number of hydrogen-bond donors (Lipinski definition) is 3. The van der Waals surface area contributed by atoms with E-state index in [1.54, 1.807) is 10.7 Å². The van der Waals surface area contributed by atoms with Gasteiger partial charge in [-0.3, -0.25) is 0 Å². The van der Waals surface area contributed by atoms with Gasteiger partial charge in [-0.15, -0.1) is 0 Å². The Morgan fingerprint density at radius 3 is 2.96 bits per heavy atom. The van der Waals surface area contributed by atoms with Gasteiger partial charge in [-0.25, -0.2) is 4.98 Å². The average Bonchev–Trinajstić information content (AvgIpc) is 3.44. The summed E-state index contributed by atoms with van der Waals surface area (Å²) in [6.07, 6.45) is 2.81. The van der Waals surface area contributed by atoms with E-state index in [1.807, 2.05) is 31.3 Å². The number of rotatable bonds is 5. The third-order valence-corrected chi connectivity index (χ3v) is 5.60. The van der Waals surface area contributed by atoms with Crippen molar-refractivity contribution in [3.63, 3.8) is 0 Å². The summed E-state index contributed by atoms with van der Waals surface area (Å²) in [7, 11) is 1.99. The molecule has 144 valence electrons. The second kappa shape index (κ2) is 7.02. The maximum atomic E-state index is 4.75. The molecular weight excluding hydrogens is 422 g/mol. The number of aromatic nitrogens is 6. The number of halogens is 1. The Labute approximate surface area is 169 Å². The minimum Gasteiger partial charge on any atom is -0.347 e. The molecule has 10 heteroatoms. The summed E-state index contributed by atoms with van der Waals surface area (Å²) in [4.78, 5) is 19.6. The summed E-state index contributed by atoms with van der Waals surface area (Å²) in [6, 6.07) is 8.44. The molecular formula is C18H20BrN9. The quantitative estimate of drug-likeness (QED) is 0.436. The summed E-state index contributed by atoms with van der Waals surface area (Å²) in [6.45, 7) is 2.33. The zero-order chi connectivity index (χ0) is 19.1. The van der Waals surface area contributed by atoms with Gasteiger partial charge in [0.15, 0.2) is 5.65 Å². The molecule has 0 saturated carbocycles. The third-order valence-electron chi connectivity index (χ3n) is 5.04. The number of imidazole rings is 1. The lowest BCUT2D eigenvalue weighted by atomic mass is 10.3. The highest BCUT2D eigenvalue weighted by atomic mass is 79.9. The first-order chi connectivity index (χ1) is 13.7. The minimum absolute atomic E-state index is 0.458. The van der Waals surface area contributed by atoms with Crippen LogP contribution in [0.15, 0.2) is 34.9 Å². The second-order valence-electron chi connectivity index (χ2n) is 6.85. The first-order valence-corrected chi connectivity index (χ1v) is 10.0. The maximum Gasteiger partial charge on any atom is 0.230 e. The van der Waals surface area contributed by atoms with Gasteiger partial charge in [-0.2, -0.15) is 19.6 Å². The molecule has 1 saturated heterocycles. The van der Waals surface area contributed by atoms with E-state index in [0.717, 1.165) is 46.5 Å². The average molecular weight is 442 g/mol. The fourth-order valence-electron chi connectivity index (χ4n) is 3.53. The van der Waals surface area contributed by atoms with E-state index < -0.39 is 0 Å². The molecule has 3 aromatic heterocycles.